The lowest BCUT2D eigenvalue weighted by atomic mass is 10.0. The number of rotatable bonds is 1. The summed E-state index contributed by atoms with van der Waals surface area (Å²) in [6.45, 7) is 0. The molecule has 0 unspecified atom stereocenters. The topological polar surface area (TPSA) is 43.1 Å². The van der Waals surface area contributed by atoms with Gasteiger partial charge in [-0.15, -0.1) is 0 Å². The highest BCUT2D eigenvalue weighted by Crippen LogP contribution is 2.34. The van der Waals surface area contributed by atoms with Gasteiger partial charge in [-0.3, -0.25) is 4.79 Å². The van der Waals surface area contributed by atoms with Crippen LogP contribution in [0.5, 0.6) is 0 Å². The van der Waals surface area contributed by atoms with Crippen molar-refractivity contribution in [1.82, 2.24) is 0 Å². The van der Waals surface area contributed by atoms with Crippen LogP contribution in [-0.2, 0) is 0 Å². The van der Waals surface area contributed by atoms with Crippen molar-refractivity contribution in [1.29, 1.82) is 0 Å². The van der Waals surface area contributed by atoms with Crippen molar-refractivity contribution in [3.63, 3.8) is 0 Å². The third kappa shape index (κ3) is 1.74. The van der Waals surface area contributed by atoms with E-state index < -0.39 is 5.78 Å². The lowest BCUT2D eigenvalue weighted by Crippen LogP contribution is -2.17. The number of benzene rings is 2. The first-order chi connectivity index (χ1) is 9.11. The molecule has 0 fully saturated rings. The summed E-state index contributed by atoms with van der Waals surface area (Å²) in [5.74, 6) is -0.399. The summed E-state index contributed by atoms with van der Waals surface area (Å²) in [7, 11) is 0. The number of hydrogen-bond donors (Lipinski definition) is 0. The number of carbonyl (C=O) groups excluding carboxylic acids is 1. The maximum atomic E-state index is 12.4. The Labute approximate surface area is 119 Å². The minimum absolute atomic E-state index is 0.00806. The van der Waals surface area contributed by atoms with Gasteiger partial charge in [-0.2, -0.15) is 4.74 Å². The standard InChI is InChI=1S/C14H7Cl2NO2/c15-9-5-2-1-4-8(9)13-14(18)12-10(16)6-3-7-11(12)17(13)19/h1-7H. The molecule has 1 heterocycles. The van der Waals surface area contributed by atoms with Crippen LogP contribution in [0.2, 0.25) is 10.0 Å². The second kappa shape index (κ2) is 4.37. The van der Waals surface area contributed by atoms with E-state index in [1.54, 1.807) is 42.5 Å². The Bertz CT molecular complexity index is 738. The highest BCUT2D eigenvalue weighted by Gasteiger charge is 2.39. The molecule has 0 radical (unpaired) electrons. The van der Waals surface area contributed by atoms with E-state index in [1.807, 2.05) is 0 Å². The van der Waals surface area contributed by atoms with Crippen LogP contribution in [0.1, 0.15) is 15.9 Å². The molecule has 0 saturated heterocycles. The van der Waals surface area contributed by atoms with Crippen LogP contribution in [0, 0.1) is 5.21 Å². The van der Waals surface area contributed by atoms with Crippen LogP contribution in [0.15, 0.2) is 42.5 Å². The van der Waals surface area contributed by atoms with E-state index in [2.05, 4.69) is 0 Å². The van der Waals surface area contributed by atoms with Gasteiger partial charge in [-0.05, 0) is 18.2 Å². The fourth-order valence-corrected chi connectivity index (χ4v) is 2.60. The lowest BCUT2D eigenvalue weighted by molar-refractivity contribution is -0.355. The molecule has 0 N–H and O–H groups in total. The van der Waals surface area contributed by atoms with Gasteiger partial charge in [-0.25, -0.2) is 0 Å². The average Bonchev–Trinajstić information content (AvgIpc) is 2.64. The summed E-state index contributed by atoms with van der Waals surface area (Å²) in [4.78, 5) is 12.4. The highest BCUT2D eigenvalue weighted by atomic mass is 35.5. The largest absolute Gasteiger partial charge is 0.618 e. The molecule has 5 heteroatoms. The molecule has 2 aromatic rings. The van der Waals surface area contributed by atoms with Crippen LogP contribution in [0.4, 0.5) is 5.69 Å². The molecule has 94 valence electrons. The van der Waals surface area contributed by atoms with E-state index >= 15 is 0 Å². The second-order valence-electron chi connectivity index (χ2n) is 4.09. The number of carbonyl (C=O) groups is 1. The molecule has 0 spiro atoms. The number of hydrogen-bond acceptors (Lipinski definition) is 2. The molecule has 0 saturated carbocycles. The van der Waals surface area contributed by atoms with Gasteiger partial charge in [0, 0.05) is 6.07 Å². The Balaban J connectivity index is 2.27. The Morgan fingerprint density at radius 3 is 2.32 bits per heavy atom. The lowest BCUT2D eigenvalue weighted by Gasteiger charge is -2.03. The molecule has 2 aromatic carbocycles. The van der Waals surface area contributed by atoms with Gasteiger partial charge >= 0.3 is 0 Å². The van der Waals surface area contributed by atoms with E-state index in [0.717, 1.165) is 0 Å². The predicted octanol–water partition coefficient (Wildman–Crippen LogP) is 3.82. The molecule has 0 aliphatic carbocycles. The van der Waals surface area contributed by atoms with Gasteiger partial charge in [0.15, 0.2) is 0 Å². The number of fused-ring (bicyclic) bond motifs is 1. The molecule has 19 heavy (non-hydrogen) atoms. The minimum Gasteiger partial charge on any atom is -0.618 e. The second-order valence-corrected chi connectivity index (χ2v) is 4.90. The third-order valence-corrected chi connectivity index (χ3v) is 3.63. The summed E-state index contributed by atoms with van der Waals surface area (Å²) in [6, 6.07) is 11.5. The number of Topliss-reactive ketones (excluding diaryl/α,β-unsaturated/α-hetero) is 1. The van der Waals surface area contributed by atoms with Gasteiger partial charge in [0.25, 0.3) is 11.5 Å². The molecule has 3 rings (SSSR count). The summed E-state index contributed by atoms with van der Waals surface area (Å²) in [5.41, 5.74) is 0.909. The maximum Gasteiger partial charge on any atom is 0.274 e. The number of ketones is 1. The van der Waals surface area contributed by atoms with Crippen LogP contribution in [-0.4, -0.2) is 16.2 Å². The van der Waals surface area contributed by atoms with E-state index in [-0.39, 0.29) is 22.0 Å². The summed E-state index contributed by atoms with van der Waals surface area (Å²) in [5, 5.41) is 12.9. The first-order valence-corrected chi connectivity index (χ1v) is 6.29. The van der Waals surface area contributed by atoms with Crippen molar-refractivity contribution in [3.8, 4) is 0 Å². The van der Waals surface area contributed by atoms with Gasteiger partial charge in [0.2, 0.25) is 5.69 Å². The van der Waals surface area contributed by atoms with Crippen LogP contribution in [0.3, 0.4) is 0 Å². The van der Waals surface area contributed by atoms with Crippen LogP contribution >= 0.6 is 23.2 Å². The molecule has 0 atom stereocenters. The molecule has 3 nitrogen and oxygen atoms in total. The summed E-state index contributed by atoms with van der Waals surface area (Å²) in [6.07, 6.45) is 0. The zero-order valence-electron chi connectivity index (χ0n) is 9.56. The van der Waals surface area contributed by atoms with Crippen LogP contribution < -0.4 is 0 Å². The van der Waals surface area contributed by atoms with E-state index in [1.165, 1.54) is 0 Å². The van der Waals surface area contributed by atoms with Crippen molar-refractivity contribution in [2.45, 2.75) is 0 Å². The first kappa shape index (κ1) is 12.2. The molecule has 0 bridgehead atoms. The third-order valence-electron chi connectivity index (χ3n) is 2.98. The Kier molecular flexibility index (Phi) is 2.81. The smallest absolute Gasteiger partial charge is 0.274 e. The zero-order valence-corrected chi connectivity index (χ0v) is 11.1. The van der Waals surface area contributed by atoms with E-state index in [4.69, 9.17) is 23.2 Å². The summed E-state index contributed by atoms with van der Waals surface area (Å²) < 4.78 is 0.588. The molecule has 1 aliphatic rings. The van der Waals surface area contributed by atoms with Crippen molar-refractivity contribution < 1.29 is 9.53 Å². The Morgan fingerprint density at radius 2 is 1.63 bits per heavy atom. The maximum absolute atomic E-state index is 12.4. The van der Waals surface area contributed by atoms with Crippen molar-refractivity contribution in [2.24, 2.45) is 0 Å². The minimum atomic E-state index is -0.399. The van der Waals surface area contributed by atoms with Gasteiger partial charge in [-0.1, -0.05) is 41.4 Å². The predicted molar refractivity (Wildman–Crippen MR) is 74.6 cm³/mol. The van der Waals surface area contributed by atoms with E-state index in [0.29, 0.717) is 15.3 Å². The Morgan fingerprint density at radius 1 is 0.947 bits per heavy atom. The fraction of sp³-hybridized carbons (Fsp3) is 0. The number of halogens is 2. The SMILES string of the molecule is O=C1C(c2ccccc2Cl)=[N+]([O-])c2cccc(Cl)c21. The molecular weight excluding hydrogens is 285 g/mol. The highest BCUT2D eigenvalue weighted by molar-refractivity contribution is 6.56. The number of nitrogens with zero attached hydrogens (tertiary/aromatic N) is 1. The van der Waals surface area contributed by atoms with Crippen molar-refractivity contribution in [3.05, 3.63) is 68.8 Å². The summed E-state index contributed by atoms with van der Waals surface area (Å²) >= 11 is 12.0. The monoisotopic (exact) mass is 291 g/mol. The van der Waals surface area contributed by atoms with Gasteiger partial charge in [0.1, 0.15) is 5.56 Å². The molecular formula is C14H7Cl2NO2. The van der Waals surface area contributed by atoms with Gasteiger partial charge in [0.05, 0.1) is 15.6 Å². The molecule has 0 aromatic heterocycles. The Hall–Kier alpha value is -1.84. The first-order valence-electron chi connectivity index (χ1n) is 5.53. The van der Waals surface area contributed by atoms with Gasteiger partial charge < -0.3 is 5.21 Å². The van der Waals surface area contributed by atoms with Crippen molar-refractivity contribution >= 4 is 40.4 Å². The average molecular weight is 292 g/mol. The van der Waals surface area contributed by atoms with E-state index in [9.17, 15) is 10.0 Å². The van der Waals surface area contributed by atoms with Crippen molar-refractivity contribution in [2.75, 3.05) is 0 Å². The fourth-order valence-electron chi connectivity index (χ4n) is 2.12. The quantitative estimate of drug-likeness (QED) is 0.592. The normalized spacial score (nSPS) is 13.9. The molecule has 0 amide bonds. The zero-order chi connectivity index (χ0) is 13.6. The van der Waals surface area contributed by atoms with Crippen LogP contribution in [0.25, 0.3) is 0 Å². The molecule has 1 aliphatic heterocycles.